The molecule has 0 amide bonds. The minimum Gasteiger partial charge on any atom is -0.306 e. The molecule has 2 aromatic carbocycles. The Balaban J connectivity index is 2.46. The van der Waals surface area contributed by atoms with Crippen molar-refractivity contribution in [3.05, 3.63) is 69.0 Å². The molecule has 1 unspecified atom stereocenters. The number of hydrogen-bond donors (Lipinski definition) is 1. The standard InChI is InChI=1S/C17H18Cl2FN/c1-3-8-21-17(14-7-5-13(20)9-11(14)2)15-6-4-12(18)10-16(15)19/h4-7,9-10,17,21H,3,8H2,1-2H3. The van der Waals surface area contributed by atoms with Crippen LogP contribution < -0.4 is 5.32 Å². The zero-order valence-electron chi connectivity index (χ0n) is 12.1. The Hall–Kier alpha value is -1.09. The van der Waals surface area contributed by atoms with E-state index in [1.807, 2.05) is 25.1 Å². The van der Waals surface area contributed by atoms with Crippen molar-refractivity contribution in [1.29, 1.82) is 0 Å². The Labute approximate surface area is 135 Å². The van der Waals surface area contributed by atoms with Crippen molar-refractivity contribution in [3.63, 3.8) is 0 Å². The van der Waals surface area contributed by atoms with Gasteiger partial charge in [0.15, 0.2) is 0 Å². The van der Waals surface area contributed by atoms with Crippen LogP contribution in [0.25, 0.3) is 0 Å². The molecule has 0 saturated carbocycles. The zero-order chi connectivity index (χ0) is 15.4. The lowest BCUT2D eigenvalue weighted by molar-refractivity contribution is 0.590. The number of hydrogen-bond acceptors (Lipinski definition) is 1. The van der Waals surface area contributed by atoms with Crippen molar-refractivity contribution in [3.8, 4) is 0 Å². The van der Waals surface area contributed by atoms with Gasteiger partial charge in [-0.1, -0.05) is 42.3 Å². The SMILES string of the molecule is CCCNC(c1ccc(F)cc1C)c1ccc(Cl)cc1Cl. The summed E-state index contributed by atoms with van der Waals surface area (Å²) in [5.41, 5.74) is 2.87. The molecule has 2 aromatic rings. The van der Waals surface area contributed by atoms with E-state index in [-0.39, 0.29) is 11.9 Å². The molecule has 0 aromatic heterocycles. The smallest absolute Gasteiger partial charge is 0.123 e. The van der Waals surface area contributed by atoms with Crippen LogP contribution in [0.5, 0.6) is 0 Å². The van der Waals surface area contributed by atoms with Crippen LogP contribution in [0, 0.1) is 12.7 Å². The summed E-state index contributed by atoms with van der Waals surface area (Å²) < 4.78 is 13.3. The number of halogens is 3. The number of benzene rings is 2. The average Bonchev–Trinajstić information content (AvgIpc) is 2.42. The van der Waals surface area contributed by atoms with Crippen LogP contribution in [0.1, 0.15) is 36.1 Å². The van der Waals surface area contributed by atoms with E-state index in [0.717, 1.165) is 29.7 Å². The molecule has 112 valence electrons. The maximum atomic E-state index is 13.3. The maximum Gasteiger partial charge on any atom is 0.123 e. The Kier molecular flexibility index (Phi) is 5.63. The molecule has 1 nitrogen and oxygen atoms in total. The predicted octanol–water partition coefficient (Wildman–Crippen LogP) is 5.53. The van der Waals surface area contributed by atoms with Gasteiger partial charge in [-0.25, -0.2) is 4.39 Å². The Morgan fingerprint density at radius 1 is 1.10 bits per heavy atom. The molecule has 0 fully saturated rings. The van der Waals surface area contributed by atoms with Crippen molar-refractivity contribution in [2.45, 2.75) is 26.3 Å². The van der Waals surface area contributed by atoms with E-state index in [9.17, 15) is 4.39 Å². The van der Waals surface area contributed by atoms with E-state index in [2.05, 4.69) is 12.2 Å². The average molecular weight is 326 g/mol. The summed E-state index contributed by atoms with van der Waals surface area (Å²) in [5, 5.41) is 4.69. The monoisotopic (exact) mass is 325 g/mol. The molecule has 1 N–H and O–H groups in total. The van der Waals surface area contributed by atoms with Gasteiger partial charge in [0.1, 0.15) is 5.82 Å². The Morgan fingerprint density at radius 3 is 2.43 bits per heavy atom. The second-order valence-corrected chi connectivity index (χ2v) is 5.90. The lowest BCUT2D eigenvalue weighted by Crippen LogP contribution is -2.24. The van der Waals surface area contributed by atoms with E-state index < -0.39 is 0 Å². The fourth-order valence-electron chi connectivity index (χ4n) is 2.37. The molecule has 0 spiro atoms. The van der Waals surface area contributed by atoms with Gasteiger partial charge >= 0.3 is 0 Å². The molecule has 2 rings (SSSR count). The van der Waals surface area contributed by atoms with Crippen LogP contribution in [-0.4, -0.2) is 6.54 Å². The molecule has 4 heteroatoms. The van der Waals surface area contributed by atoms with Crippen LogP contribution >= 0.6 is 23.2 Å². The summed E-state index contributed by atoms with van der Waals surface area (Å²) in [4.78, 5) is 0. The van der Waals surface area contributed by atoms with E-state index in [1.165, 1.54) is 6.07 Å². The molecule has 0 bridgehead atoms. The van der Waals surface area contributed by atoms with Gasteiger partial charge in [-0.2, -0.15) is 0 Å². The Bertz CT molecular complexity index is 577. The second-order valence-electron chi connectivity index (χ2n) is 5.05. The minimum atomic E-state index is -0.229. The summed E-state index contributed by atoms with van der Waals surface area (Å²) in [6.07, 6.45) is 1.00. The lowest BCUT2D eigenvalue weighted by Gasteiger charge is -2.22. The highest BCUT2D eigenvalue weighted by molar-refractivity contribution is 6.35. The van der Waals surface area contributed by atoms with Gasteiger partial charge in [0.2, 0.25) is 0 Å². The topological polar surface area (TPSA) is 12.0 Å². The third kappa shape index (κ3) is 3.97. The predicted molar refractivity (Wildman–Crippen MR) is 87.7 cm³/mol. The normalized spacial score (nSPS) is 12.4. The number of nitrogens with one attached hydrogen (secondary N) is 1. The molecule has 0 saturated heterocycles. The van der Waals surface area contributed by atoms with Gasteiger partial charge in [-0.15, -0.1) is 0 Å². The third-order valence-electron chi connectivity index (χ3n) is 3.41. The van der Waals surface area contributed by atoms with E-state index in [0.29, 0.717) is 10.0 Å². The second kappa shape index (κ2) is 7.26. The first-order valence-electron chi connectivity index (χ1n) is 6.97. The fourth-order valence-corrected chi connectivity index (χ4v) is 2.89. The lowest BCUT2D eigenvalue weighted by atomic mass is 9.94. The molecule has 0 aliphatic carbocycles. The summed E-state index contributed by atoms with van der Waals surface area (Å²) >= 11 is 12.3. The van der Waals surface area contributed by atoms with Gasteiger partial charge in [0, 0.05) is 10.0 Å². The highest BCUT2D eigenvalue weighted by atomic mass is 35.5. The first kappa shape index (κ1) is 16.3. The van der Waals surface area contributed by atoms with Gasteiger partial charge in [0.05, 0.1) is 6.04 Å². The summed E-state index contributed by atoms with van der Waals surface area (Å²) in [5.74, 6) is -0.229. The van der Waals surface area contributed by atoms with Crippen molar-refractivity contribution in [2.24, 2.45) is 0 Å². The summed E-state index contributed by atoms with van der Waals surface area (Å²) in [6.45, 7) is 4.86. The van der Waals surface area contributed by atoms with Gasteiger partial charge in [0.25, 0.3) is 0 Å². The molecule has 21 heavy (non-hydrogen) atoms. The molecular weight excluding hydrogens is 308 g/mol. The highest BCUT2D eigenvalue weighted by Crippen LogP contribution is 2.32. The molecule has 0 radical (unpaired) electrons. The van der Waals surface area contributed by atoms with E-state index in [4.69, 9.17) is 23.2 Å². The number of aryl methyl sites for hydroxylation is 1. The molecule has 0 aliphatic rings. The third-order valence-corrected chi connectivity index (χ3v) is 3.98. The largest absolute Gasteiger partial charge is 0.306 e. The van der Waals surface area contributed by atoms with Gasteiger partial charge in [-0.05, 0) is 60.8 Å². The molecule has 0 aliphatic heterocycles. The first-order chi connectivity index (χ1) is 10.0. The van der Waals surface area contributed by atoms with Crippen LogP contribution in [0.3, 0.4) is 0 Å². The molecule has 0 heterocycles. The molecule has 1 atom stereocenters. The van der Waals surface area contributed by atoms with Gasteiger partial charge in [-0.3, -0.25) is 0 Å². The van der Waals surface area contributed by atoms with Crippen molar-refractivity contribution < 1.29 is 4.39 Å². The van der Waals surface area contributed by atoms with Crippen LogP contribution in [0.2, 0.25) is 10.0 Å². The summed E-state index contributed by atoms with van der Waals surface area (Å²) in [7, 11) is 0. The number of rotatable bonds is 5. The quantitative estimate of drug-likeness (QED) is 0.762. The van der Waals surface area contributed by atoms with Crippen LogP contribution in [0.4, 0.5) is 4.39 Å². The molecular formula is C17H18Cl2FN. The van der Waals surface area contributed by atoms with Gasteiger partial charge < -0.3 is 5.32 Å². The van der Waals surface area contributed by atoms with Crippen molar-refractivity contribution in [2.75, 3.05) is 6.54 Å². The zero-order valence-corrected chi connectivity index (χ0v) is 13.6. The van der Waals surface area contributed by atoms with Crippen LogP contribution in [-0.2, 0) is 0 Å². The highest BCUT2D eigenvalue weighted by Gasteiger charge is 2.18. The Morgan fingerprint density at radius 2 is 1.81 bits per heavy atom. The minimum absolute atomic E-state index is 0.0738. The summed E-state index contributed by atoms with van der Waals surface area (Å²) in [6, 6.07) is 10.2. The van der Waals surface area contributed by atoms with Crippen molar-refractivity contribution in [1.82, 2.24) is 5.32 Å². The van der Waals surface area contributed by atoms with Crippen molar-refractivity contribution >= 4 is 23.2 Å². The maximum absolute atomic E-state index is 13.3. The fraction of sp³-hybridized carbons (Fsp3) is 0.294. The first-order valence-corrected chi connectivity index (χ1v) is 7.73. The van der Waals surface area contributed by atoms with E-state index in [1.54, 1.807) is 12.1 Å². The van der Waals surface area contributed by atoms with Crippen LogP contribution in [0.15, 0.2) is 36.4 Å². The van der Waals surface area contributed by atoms with E-state index >= 15 is 0 Å².